The number of alkyl halides is 2. The average Bonchev–Trinajstić information content (AvgIpc) is 3.08. The summed E-state index contributed by atoms with van der Waals surface area (Å²) in [7, 11) is 0. The number of carbonyl (C=O) groups excluding carboxylic acids is 2. The molecule has 25 heavy (non-hydrogen) atoms. The molecule has 0 aromatic carbocycles. The van der Waals surface area contributed by atoms with Crippen LogP contribution < -0.4 is 5.32 Å². The largest absolute Gasteiger partial charge is 0.344 e. The summed E-state index contributed by atoms with van der Waals surface area (Å²) in [6.07, 6.45) is 3.37. The van der Waals surface area contributed by atoms with E-state index >= 15 is 0 Å². The van der Waals surface area contributed by atoms with Gasteiger partial charge in [0.1, 0.15) is 5.69 Å². The summed E-state index contributed by atoms with van der Waals surface area (Å²) < 4.78 is 27.1. The Balaban J connectivity index is 1.36. The third kappa shape index (κ3) is 2.71. The first kappa shape index (κ1) is 16.5. The minimum Gasteiger partial charge on any atom is -0.344 e. The molecule has 3 atom stereocenters. The van der Waals surface area contributed by atoms with Gasteiger partial charge in [0, 0.05) is 37.0 Å². The van der Waals surface area contributed by atoms with Crippen LogP contribution in [0.1, 0.15) is 49.5 Å². The van der Waals surface area contributed by atoms with Crippen molar-refractivity contribution in [1.82, 2.24) is 20.4 Å². The van der Waals surface area contributed by atoms with Gasteiger partial charge in [-0.1, -0.05) is 0 Å². The van der Waals surface area contributed by atoms with E-state index in [0.29, 0.717) is 44.5 Å². The summed E-state index contributed by atoms with van der Waals surface area (Å²) in [4.78, 5) is 26.6. The maximum Gasteiger partial charge on any atom is 0.269 e. The topological polar surface area (TPSA) is 78.1 Å². The van der Waals surface area contributed by atoms with Gasteiger partial charge in [0.15, 0.2) is 0 Å². The van der Waals surface area contributed by atoms with Crippen molar-refractivity contribution in [3.05, 3.63) is 18.0 Å². The van der Waals surface area contributed by atoms with Crippen molar-refractivity contribution >= 4 is 11.8 Å². The Kier molecular flexibility index (Phi) is 3.46. The highest BCUT2D eigenvalue weighted by atomic mass is 19.3. The SMILES string of the molecule is CC1(NC(=O)c2ccn[nH]2)CCN(C(=O)C2CCC3(C2)CC3(F)F)C1. The molecule has 1 aromatic heterocycles. The molecule has 2 N–H and O–H groups in total. The predicted molar refractivity (Wildman–Crippen MR) is 85.0 cm³/mol. The van der Waals surface area contributed by atoms with Crippen molar-refractivity contribution in [2.45, 2.75) is 50.5 Å². The van der Waals surface area contributed by atoms with E-state index in [9.17, 15) is 18.4 Å². The van der Waals surface area contributed by atoms with Crippen molar-refractivity contribution in [3.8, 4) is 0 Å². The monoisotopic (exact) mass is 352 g/mol. The summed E-state index contributed by atoms with van der Waals surface area (Å²) in [5, 5.41) is 9.32. The quantitative estimate of drug-likeness (QED) is 0.873. The second kappa shape index (κ2) is 5.25. The van der Waals surface area contributed by atoms with E-state index in [2.05, 4.69) is 15.5 Å². The molecular weight excluding hydrogens is 330 g/mol. The Labute approximate surface area is 144 Å². The van der Waals surface area contributed by atoms with Crippen molar-refractivity contribution in [3.63, 3.8) is 0 Å². The van der Waals surface area contributed by atoms with Gasteiger partial charge in [-0.3, -0.25) is 14.7 Å². The lowest BCUT2D eigenvalue weighted by Gasteiger charge is -2.27. The number of nitrogens with zero attached hydrogens (tertiary/aromatic N) is 2. The van der Waals surface area contributed by atoms with Gasteiger partial charge >= 0.3 is 0 Å². The molecule has 0 bridgehead atoms. The molecule has 1 aliphatic heterocycles. The maximum atomic E-state index is 13.5. The Morgan fingerprint density at radius 3 is 2.76 bits per heavy atom. The molecule has 2 aliphatic carbocycles. The Bertz CT molecular complexity index is 708. The number of H-pyrrole nitrogens is 1. The smallest absolute Gasteiger partial charge is 0.269 e. The molecule has 2 saturated carbocycles. The number of hydrogen-bond donors (Lipinski definition) is 2. The van der Waals surface area contributed by atoms with Crippen LogP contribution in [0.2, 0.25) is 0 Å². The summed E-state index contributed by atoms with van der Waals surface area (Å²) in [5.74, 6) is -3.19. The van der Waals surface area contributed by atoms with Gasteiger partial charge < -0.3 is 10.2 Å². The summed E-state index contributed by atoms with van der Waals surface area (Å²) >= 11 is 0. The first-order valence-electron chi connectivity index (χ1n) is 8.72. The molecule has 1 spiro atoms. The fraction of sp³-hybridized carbons (Fsp3) is 0.706. The standard InChI is InChI=1S/C17H22F2N4O2/c1-15(21-13(24)12-3-6-20-22-12)5-7-23(10-15)14(25)11-2-4-16(8-11)9-17(16,18)19/h3,6,11H,2,4-5,7-10H2,1H3,(H,20,22)(H,21,24). The first-order chi connectivity index (χ1) is 11.7. The van der Waals surface area contributed by atoms with E-state index in [1.165, 1.54) is 6.20 Å². The normalized spacial score (nSPS) is 36.0. The zero-order valence-corrected chi connectivity index (χ0v) is 14.1. The number of amides is 2. The number of carbonyl (C=O) groups is 2. The van der Waals surface area contributed by atoms with Crippen LogP contribution in [0.25, 0.3) is 0 Å². The molecule has 1 aromatic rings. The van der Waals surface area contributed by atoms with Crippen molar-refractivity contribution < 1.29 is 18.4 Å². The van der Waals surface area contributed by atoms with Crippen LogP contribution in [0.15, 0.2) is 12.3 Å². The van der Waals surface area contributed by atoms with Gasteiger partial charge in [-0.25, -0.2) is 8.78 Å². The van der Waals surface area contributed by atoms with Crippen molar-refractivity contribution in [1.29, 1.82) is 0 Å². The lowest BCUT2D eigenvalue weighted by atomic mass is 10.0. The molecule has 136 valence electrons. The lowest BCUT2D eigenvalue weighted by Crippen LogP contribution is -2.49. The molecule has 1 saturated heterocycles. The van der Waals surface area contributed by atoms with Gasteiger partial charge in [-0.2, -0.15) is 5.10 Å². The minimum absolute atomic E-state index is 0.0425. The zero-order chi connectivity index (χ0) is 17.9. The van der Waals surface area contributed by atoms with Crippen LogP contribution in [-0.4, -0.2) is 51.5 Å². The lowest BCUT2D eigenvalue weighted by molar-refractivity contribution is -0.134. The van der Waals surface area contributed by atoms with Crippen molar-refractivity contribution in [2.75, 3.05) is 13.1 Å². The molecule has 2 heterocycles. The van der Waals surface area contributed by atoms with Crippen LogP contribution in [0.3, 0.4) is 0 Å². The molecule has 0 radical (unpaired) electrons. The molecular formula is C17H22F2N4O2. The Hall–Kier alpha value is -1.99. The third-order valence-electron chi connectivity index (χ3n) is 6.11. The van der Waals surface area contributed by atoms with E-state index < -0.39 is 16.9 Å². The highest BCUT2D eigenvalue weighted by molar-refractivity contribution is 5.92. The fourth-order valence-corrected chi connectivity index (χ4v) is 4.44. The van der Waals surface area contributed by atoms with Gasteiger partial charge in [0.05, 0.1) is 5.54 Å². The number of halogens is 2. The predicted octanol–water partition coefficient (Wildman–Crippen LogP) is 1.96. The highest BCUT2D eigenvalue weighted by Crippen LogP contribution is 2.69. The molecule has 3 aliphatic rings. The number of hydrogen-bond acceptors (Lipinski definition) is 3. The maximum absolute atomic E-state index is 13.5. The zero-order valence-electron chi connectivity index (χ0n) is 14.1. The molecule has 3 fully saturated rings. The van der Waals surface area contributed by atoms with Gasteiger partial charge in [-0.05, 0) is 38.7 Å². The number of aromatic nitrogens is 2. The fourth-order valence-electron chi connectivity index (χ4n) is 4.44. The van der Waals surface area contributed by atoms with E-state index in [0.717, 1.165) is 0 Å². The molecule has 3 unspecified atom stereocenters. The highest BCUT2D eigenvalue weighted by Gasteiger charge is 2.73. The van der Waals surface area contributed by atoms with E-state index in [1.807, 2.05) is 6.92 Å². The molecule has 6 nitrogen and oxygen atoms in total. The summed E-state index contributed by atoms with van der Waals surface area (Å²) in [6, 6.07) is 1.59. The van der Waals surface area contributed by atoms with Crippen LogP contribution >= 0.6 is 0 Å². The van der Waals surface area contributed by atoms with Crippen LogP contribution in [0.5, 0.6) is 0 Å². The minimum atomic E-state index is -2.58. The molecule has 4 rings (SSSR count). The summed E-state index contributed by atoms with van der Waals surface area (Å²) in [5.41, 5.74) is -1.05. The van der Waals surface area contributed by atoms with Crippen LogP contribution in [0, 0.1) is 11.3 Å². The first-order valence-corrected chi connectivity index (χ1v) is 8.72. The third-order valence-corrected chi connectivity index (χ3v) is 6.11. The number of rotatable bonds is 3. The van der Waals surface area contributed by atoms with Crippen molar-refractivity contribution in [2.24, 2.45) is 11.3 Å². The van der Waals surface area contributed by atoms with E-state index in [1.54, 1.807) is 11.0 Å². The van der Waals surface area contributed by atoms with Crippen LogP contribution in [-0.2, 0) is 4.79 Å². The number of likely N-dealkylation sites (tertiary alicyclic amines) is 1. The second-order valence-electron chi connectivity index (χ2n) is 8.10. The Morgan fingerprint density at radius 1 is 1.40 bits per heavy atom. The van der Waals surface area contributed by atoms with E-state index in [-0.39, 0.29) is 24.2 Å². The second-order valence-corrected chi connectivity index (χ2v) is 8.10. The molecule has 2 amide bonds. The summed E-state index contributed by atoms with van der Waals surface area (Å²) in [6.45, 7) is 2.85. The van der Waals surface area contributed by atoms with E-state index in [4.69, 9.17) is 0 Å². The van der Waals surface area contributed by atoms with Gasteiger partial charge in [0.25, 0.3) is 11.8 Å². The Morgan fingerprint density at radius 2 is 2.16 bits per heavy atom. The molecule has 8 heteroatoms. The van der Waals surface area contributed by atoms with Crippen LogP contribution in [0.4, 0.5) is 8.78 Å². The van der Waals surface area contributed by atoms with Gasteiger partial charge in [0.2, 0.25) is 5.91 Å². The number of nitrogens with one attached hydrogen (secondary N) is 2. The number of aromatic amines is 1. The average molecular weight is 352 g/mol. The van der Waals surface area contributed by atoms with Gasteiger partial charge in [-0.15, -0.1) is 0 Å².